The molecule has 1 aromatic carbocycles. The van der Waals surface area contributed by atoms with E-state index in [-0.39, 0.29) is 0 Å². The quantitative estimate of drug-likeness (QED) is 0.867. The van der Waals surface area contributed by atoms with E-state index in [0.717, 1.165) is 5.69 Å². The summed E-state index contributed by atoms with van der Waals surface area (Å²) in [5.41, 5.74) is 2.33. The van der Waals surface area contributed by atoms with E-state index >= 15 is 0 Å². The van der Waals surface area contributed by atoms with Crippen LogP contribution in [0.25, 0.3) is 0 Å². The van der Waals surface area contributed by atoms with Crippen molar-refractivity contribution in [1.29, 1.82) is 0 Å². The molecule has 16 heavy (non-hydrogen) atoms. The van der Waals surface area contributed by atoms with Crippen LogP contribution in [-0.2, 0) is 0 Å². The lowest BCUT2D eigenvalue weighted by Gasteiger charge is -2.15. The summed E-state index contributed by atoms with van der Waals surface area (Å²) in [6.07, 6.45) is 3.62. The molecular formula is C13H13IN2. The lowest BCUT2D eigenvalue weighted by Crippen LogP contribution is -2.06. The highest BCUT2D eigenvalue weighted by molar-refractivity contribution is 14.1. The van der Waals surface area contributed by atoms with Crippen LogP contribution in [0.2, 0.25) is 0 Å². The average molecular weight is 324 g/mol. The first kappa shape index (κ1) is 11.4. The number of pyridine rings is 1. The van der Waals surface area contributed by atoms with Gasteiger partial charge in [-0.25, -0.2) is 0 Å². The monoisotopic (exact) mass is 324 g/mol. The van der Waals surface area contributed by atoms with E-state index in [1.165, 1.54) is 9.13 Å². The first-order valence-electron chi connectivity index (χ1n) is 5.18. The van der Waals surface area contributed by atoms with E-state index in [4.69, 9.17) is 0 Å². The van der Waals surface area contributed by atoms with Gasteiger partial charge in [0.05, 0.1) is 5.69 Å². The van der Waals surface area contributed by atoms with Crippen LogP contribution in [0.1, 0.15) is 18.5 Å². The topological polar surface area (TPSA) is 24.9 Å². The number of hydrogen-bond acceptors (Lipinski definition) is 2. The Balaban J connectivity index is 2.09. The van der Waals surface area contributed by atoms with Crippen LogP contribution in [0.15, 0.2) is 48.8 Å². The van der Waals surface area contributed by atoms with Gasteiger partial charge >= 0.3 is 0 Å². The predicted octanol–water partition coefficient (Wildman–Crippen LogP) is 3.86. The highest BCUT2D eigenvalue weighted by Crippen LogP contribution is 2.19. The Bertz CT molecular complexity index is 439. The van der Waals surface area contributed by atoms with Crippen molar-refractivity contribution in [3.05, 3.63) is 57.9 Å². The molecule has 82 valence electrons. The summed E-state index contributed by atoms with van der Waals surface area (Å²) in [6, 6.07) is 12.8. The van der Waals surface area contributed by atoms with Crippen molar-refractivity contribution in [1.82, 2.24) is 4.98 Å². The van der Waals surface area contributed by atoms with Crippen molar-refractivity contribution >= 4 is 28.3 Å². The van der Waals surface area contributed by atoms with Crippen LogP contribution in [0, 0.1) is 3.57 Å². The molecule has 0 fully saturated rings. The highest BCUT2D eigenvalue weighted by Gasteiger charge is 2.04. The number of nitrogens with zero attached hydrogens (tertiary/aromatic N) is 1. The van der Waals surface area contributed by atoms with E-state index < -0.39 is 0 Å². The standard InChI is InChI=1S/C13H13IN2/c1-10(11-4-6-12(14)7-5-11)16-13-3-2-8-15-9-13/h2-10,16H,1H3. The molecule has 2 rings (SSSR count). The summed E-state index contributed by atoms with van der Waals surface area (Å²) in [5, 5.41) is 3.41. The summed E-state index contributed by atoms with van der Waals surface area (Å²) < 4.78 is 1.26. The maximum atomic E-state index is 4.08. The van der Waals surface area contributed by atoms with Gasteiger partial charge < -0.3 is 5.32 Å². The second-order valence-corrected chi connectivity index (χ2v) is 4.90. The number of halogens is 1. The molecule has 0 amide bonds. The van der Waals surface area contributed by atoms with Gasteiger partial charge in [-0.3, -0.25) is 4.98 Å². The fourth-order valence-corrected chi connectivity index (χ4v) is 1.89. The summed E-state index contributed by atoms with van der Waals surface area (Å²) in [7, 11) is 0. The molecule has 0 aliphatic heterocycles. The van der Waals surface area contributed by atoms with Crippen molar-refractivity contribution in [3.8, 4) is 0 Å². The fraction of sp³-hybridized carbons (Fsp3) is 0.154. The third kappa shape index (κ3) is 2.95. The lowest BCUT2D eigenvalue weighted by molar-refractivity contribution is 0.882. The Labute approximate surface area is 109 Å². The van der Waals surface area contributed by atoms with Gasteiger partial charge in [0.15, 0.2) is 0 Å². The van der Waals surface area contributed by atoms with Crippen LogP contribution >= 0.6 is 22.6 Å². The molecule has 2 aromatic rings. The molecule has 1 unspecified atom stereocenters. The van der Waals surface area contributed by atoms with Crippen LogP contribution < -0.4 is 5.32 Å². The maximum absolute atomic E-state index is 4.08. The first-order chi connectivity index (χ1) is 7.75. The zero-order chi connectivity index (χ0) is 11.4. The zero-order valence-electron chi connectivity index (χ0n) is 9.02. The second kappa shape index (κ2) is 5.30. The van der Waals surface area contributed by atoms with Gasteiger partial charge in [-0.1, -0.05) is 12.1 Å². The largest absolute Gasteiger partial charge is 0.377 e. The molecule has 0 saturated heterocycles. The maximum Gasteiger partial charge on any atom is 0.0531 e. The van der Waals surface area contributed by atoms with E-state index in [1.54, 1.807) is 6.20 Å². The van der Waals surface area contributed by atoms with Crippen LogP contribution in [0.5, 0.6) is 0 Å². The Kier molecular flexibility index (Phi) is 3.77. The van der Waals surface area contributed by atoms with Crippen LogP contribution in [0.4, 0.5) is 5.69 Å². The molecule has 1 heterocycles. The minimum Gasteiger partial charge on any atom is -0.377 e. The molecule has 2 nitrogen and oxygen atoms in total. The van der Waals surface area contributed by atoms with E-state index in [9.17, 15) is 0 Å². The van der Waals surface area contributed by atoms with Gasteiger partial charge in [-0.05, 0) is 59.3 Å². The van der Waals surface area contributed by atoms with Crippen LogP contribution in [-0.4, -0.2) is 4.98 Å². The summed E-state index contributed by atoms with van der Waals surface area (Å²) in [5.74, 6) is 0. The third-order valence-electron chi connectivity index (χ3n) is 2.41. The Morgan fingerprint density at radius 3 is 2.56 bits per heavy atom. The smallest absolute Gasteiger partial charge is 0.0531 e. The van der Waals surface area contributed by atoms with Crippen molar-refractivity contribution in [3.63, 3.8) is 0 Å². The van der Waals surface area contributed by atoms with Crippen LogP contribution in [0.3, 0.4) is 0 Å². The van der Waals surface area contributed by atoms with Gasteiger partial charge in [-0.15, -0.1) is 0 Å². The molecule has 0 aliphatic rings. The molecule has 1 aromatic heterocycles. The number of rotatable bonds is 3. The van der Waals surface area contributed by atoms with Gasteiger partial charge in [0.1, 0.15) is 0 Å². The number of hydrogen-bond donors (Lipinski definition) is 1. The van der Waals surface area contributed by atoms with Crippen molar-refractivity contribution in [2.24, 2.45) is 0 Å². The molecule has 0 radical (unpaired) electrons. The van der Waals surface area contributed by atoms with Gasteiger partial charge in [0, 0.05) is 22.0 Å². The molecule has 3 heteroatoms. The van der Waals surface area contributed by atoms with Crippen molar-refractivity contribution < 1.29 is 0 Å². The highest BCUT2D eigenvalue weighted by atomic mass is 127. The molecule has 1 N–H and O–H groups in total. The minimum atomic E-state index is 0.293. The van der Waals surface area contributed by atoms with Gasteiger partial charge in [-0.2, -0.15) is 0 Å². The van der Waals surface area contributed by atoms with Gasteiger partial charge in [0.25, 0.3) is 0 Å². The molecule has 0 spiro atoms. The Hall–Kier alpha value is -1.10. The zero-order valence-corrected chi connectivity index (χ0v) is 11.2. The number of aromatic nitrogens is 1. The number of benzene rings is 1. The normalized spacial score (nSPS) is 12.1. The second-order valence-electron chi connectivity index (χ2n) is 3.66. The minimum absolute atomic E-state index is 0.293. The first-order valence-corrected chi connectivity index (χ1v) is 6.25. The predicted molar refractivity (Wildman–Crippen MR) is 75.4 cm³/mol. The lowest BCUT2D eigenvalue weighted by atomic mass is 10.1. The number of nitrogens with one attached hydrogen (secondary N) is 1. The Morgan fingerprint density at radius 1 is 1.19 bits per heavy atom. The van der Waals surface area contributed by atoms with Crippen molar-refractivity contribution in [2.45, 2.75) is 13.0 Å². The molecule has 0 saturated carbocycles. The fourth-order valence-electron chi connectivity index (χ4n) is 1.53. The number of anilines is 1. The summed E-state index contributed by atoms with van der Waals surface area (Å²) in [4.78, 5) is 4.08. The van der Waals surface area contributed by atoms with Crippen molar-refractivity contribution in [2.75, 3.05) is 5.32 Å². The summed E-state index contributed by atoms with van der Waals surface area (Å²) >= 11 is 2.31. The summed E-state index contributed by atoms with van der Waals surface area (Å²) in [6.45, 7) is 2.15. The third-order valence-corrected chi connectivity index (χ3v) is 3.13. The molecular weight excluding hydrogens is 311 g/mol. The van der Waals surface area contributed by atoms with E-state index in [0.29, 0.717) is 6.04 Å². The molecule has 1 atom stereocenters. The average Bonchev–Trinajstić information content (AvgIpc) is 2.31. The van der Waals surface area contributed by atoms with E-state index in [2.05, 4.69) is 64.1 Å². The Morgan fingerprint density at radius 2 is 1.94 bits per heavy atom. The van der Waals surface area contributed by atoms with E-state index in [1.807, 2.05) is 18.3 Å². The molecule has 0 aliphatic carbocycles. The van der Waals surface area contributed by atoms with Gasteiger partial charge in [0.2, 0.25) is 0 Å². The molecule has 0 bridgehead atoms. The SMILES string of the molecule is CC(Nc1cccnc1)c1ccc(I)cc1.